The first-order valence-electron chi connectivity index (χ1n) is 12.6. The Morgan fingerprint density at radius 1 is 1.15 bits per heavy atom. The summed E-state index contributed by atoms with van der Waals surface area (Å²) in [5.41, 5.74) is 1.28. The number of para-hydroxylation sites is 1. The van der Waals surface area contributed by atoms with E-state index < -0.39 is 13.5 Å². The van der Waals surface area contributed by atoms with Crippen LogP contribution < -0.4 is 29.1 Å². The minimum absolute atomic E-state index is 0. The van der Waals surface area contributed by atoms with Crippen LogP contribution in [0.1, 0.15) is 34.9 Å². The van der Waals surface area contributed by atoms with E-state index in [1.807, 2.05) is 45.9 Å². The van der Waals surface area contributed by atoms with Crippen molar-refractivity contribution in [1.82, 2.24) is 19.9 Å². The van der Waals surface area contributed by atoms with E-state index in [0.717, 1.165) is 11.4 Å². The minimum atomic E-state index is -3.14. The Hall–Kier alpha value is -2.00. The number of carbonyl (C=O) groups is 1. The zero-order chi connectivity index (χ0) is 28.0. The second-order valence-corrected chi connectivity index (χ2v) is 12.3. The molecule has 40 heavy (non-hydrogen) atoms. The summed E-state index contributed by atoms with van der Waals surface area (Å²) in [6, 6.07) is 7.23. The standard InChI is InChI=1S/C25H33ClN7O4PS.Li/c1-5-36-38(35,37-6-2)16-32-10-12-33(13-11-32)22-14-21(28-18(4)29-22)30-25-27-15-20(39-25)24(34)31-23-17(3)8-7-9-19(23)26;/h7-9,14-15H,5-6,10-13,16H2,1-4H3,(H2,27,28,29,30,31,34);/q;+1/p-1. The van der Waals surface area contributed by atoms with Gasteiger partial charge in [-0.1, -0.05) is 40.6 Å². The minimum Gasteiger partial charge on any atom is -0.621 e. The molecule has 0 unspecified atom stereocenters. The number of rotatable bonds is 11. The summed E-state index contributed by atoms with van der Waals surface area (Å²) in [5.74, 6) is 1.54. The van der Waals surface area contributed by atoms with Crippen molar-refractivity contribution in [2.75, 3.05) is 55.9 Å². The molecule has 0 bridgehead atoms. The number of thiazole rings is 1. The molecule has 1 saturated heterocycles. The average molecular weight is 600 g/mol. The van der Waals surface area contributed by atoms with Crippen molar-refractivity contribution < 1.29 is 37.3 Å². The third-order valence-electron chi connectivity index (χ3n) is 5.90. The number of carbonyl (C=O) groups excluding carboxylic acids is 1. The zero-order valence-electron chi connectivity index (χ0n) is 23.4. The topological polar surface area (TPSA) is 124 Å². The van der Waals surface area contributed by atoms with E-state index in [9.17, 15) is 9.36 Å². The fourth-order valence-electron chi connectivity index (χ4n) is 4.12. The zero-order valence-corrected chi connectivity index (χ0v) is 25.9. The average Bonchev–Trinajstić information content (AvgIpc) is 3.35. The van der Waals surface area contributed by atoms with Crippen LogP contribution in [0.25, 0.3) is 5.32 Å². The molecule has 3 heterocycles. The Bertz CT molecular complexity index is 1330. The molecule has 210 valence electrons. The van der Waals surface area contributed by atoms with Gasteiger partial charge < -0.3 is 29.4 Å². The van der Waals surface area contributed by atoms with Crippen LogP contribution in [0.2, 0.25) is 5.02 Å². The van der Waals surface area contributed by atoms with E-state index in [0.29, 0.717) is 71.8 Å². The molecule has 0 radical (unpaired) electrons. The fourth-order valence-corrected chi connectivity index (χ4v) is 6.88. The molecule has 0 atom stereocenters. The molecule has 1 aliphatic heterocycles. The SMILES string of the molecule is CCOP(=O)(CN1CCN(c2cc(Nc3ncc(C(=O)[N-]c4c(C)cccc4Cl)s3)nc(C)n2)CC1)OCC.[Li+]. The predicted octanol–water partition coefficient (Wildman–Crippen LogP) is 3.14. The number of amides is 1. The number of aromatic nitrogens is 3. The number of benzene rings is 1. The van der Waals surface area contributed by atoms with E-state index in [4.69, 9.17) is 20.6 Å². The molecule has 0 saturated carbocycles. The number of hydrogen-bond acceptors (Lipinski definition) is 11. The molecule has 0 spiro atoms. The van der Waals surface area contributed by atoms with Gasteiger partial charge in [0, 0.05) is 43.5 Å². The number of piperazine rings is 1. The third kappa shape index (κ3) is 8.51. The van der Waals surface area contributed by atoms with E-state index >= 15 is 0 Å². The van der Waals surface area contributed by atoms with Crippen molar-refractivity contribution in [3.8, 4) is 0 Å². The van der Waals surface area contributed by atoms with Gasteiger partial charge in [0.15, 0.2) is 5.13 Å². The Morgan fingerprint density at radius 2 is 1.85 bits per heavy atom. The molecule has 1 N–H and O–H groups in total. The summed E-state index contributed by atoms with van der Waals surface area (Å²) < 4.78 is 23.8. The molecule has 4 rings (SSSR count). The maximum Gasteiger partial charge on any atom is 1.00 e. The van der Waals surface area contributed by atoms with Crippen LogP contribution in [-0.4, -0.2) is 71.4 Å². The fraction of sp³-hybridized carbons (Fsp3) is 0.440. The van der Waals surface area contributed by atoms with Crippen LogP contribution in [0.3, 0.4) is 0 Å². The van der Waals surface area contributed by atoms with Gasteiger partial charge in [-0.05, 0) is 33.8 Å². The second kappa shape index (κ2) is 14.8. The summed E-state index contributed by atoms with van der Waals surface area (Å²) in [6.07, 6.45) is 1.76. The van der Waals surface area contributed by atoms with Gasteiger partial charge in [0.05, 0.1) is 24.0 Å². The Labute approximate surface area is 255 Å². The number of anilines is 3. The van der Waals surface area contributed by atoms with Gasteiger partial charge in [-0.2, -0.15) is 0 Å². The molecule has 1 aromatic carbocycles. The van der Waals surface area contributed by atoms with Gasteiger partial charge >= 0.3 is 26.5 Å². The number of nitrogens with zero attached hydrogens (tertiary/aromatic N) is 6. The van der Waals surface area contributed by atoms with Gasteiger partial charge in [-0.3, -0.25) is 9.46 Å². The molecule has 1 aliphatic rings. The molecule has 1 fully saturated rings. The van der Waals surface area contributed by atoms with Crippen LogP contribution in [0, 0.1) is 13.8 Å². The molecule has 0 aliphatic carbocycles. The van der Waals surface area contributed by atoms with E-state index in [2.05, 4.69) is 35.4 Å². The monoisotopic (exact) mass is 599 g/mol. The van der Waals surface area contributed by atoms with Crippen LogP contribution in [0.4, 0.5) is 22.5 Å². The van der Waals surface area contributed by atoms with Crippen LogP contribution in [-0.2, 0) is 13.6 Å². The largest absolute Gasteiger partial charge is 1.00 e. The second-order valence-electron chi connectivity index (χ2n) is 8.83. The predicted molar refractivity (Wildman–Crippen MR) is 155 cm³/mol. The molecule has 15 heteroatoms. The first-order chi connectivity index (χ1) is 18.7. The number of hydrogen-bond donors (Lipinski definition) is 1. The molecule has 3 aromatic rings. The third-order valence-corrected chi connectivity index (χ3v) is 9.15. The van der Waals surface area contributed by atoms with Gasteiger partial charge in [0.25, 0.3) is 0 Å². The first kappa shape index (κ1) is 32.5. The van der Waals surface area contributed by atoms with Crippen molar-refractivity contribution in [3.63, 3.8) is 0 Å². The first-order valence-corrected chi connectivity index (χ1v) is 15.6. The molecule has 11 nitrogen and oxygen atoms in total. The maximum atomic E-state index is 12.9. The van der Waals surface area contributed by atoms with Crippen LogP contribution in [0.5, 0.6) is 0 Å². The number of halogens is 1. The maximum absolute atomic E-state index is 12.9. The molecule has 2 aromatic heterocycles. The summed E-state index contributed by atoms with van der Waals surface area (Å²) in [4.78, 5) is 30.8. The quantitative estimate of drug-likeness (QED) is 0.260. The molecule has 1 amide bonds. The van der Waals surface area contributed by atoms with Crippen molar-refractivity contribution in [3.05, 3.63) is 57.1 Å². The summed E-state index contributed by atoms with van der Waals surface area (Å²) in [7, 11) is -3.14. The van der Waals surface area contributed by atoms with Gasteiger partial charge in [-0.25, -0.2) is 15.0 Å². The van der Waals surface area contributed by atoms with E-state index in [1.54, 1.807) is 6.07 Å². The Kier molecular flexibility index (Phi) is 12.0. The molecular weight excluding hydrogens is 568 g/mol. The van der Waals surface area contributed by atoms with E-state index in [1.165, 1.54) is 17.5 Å². The summed E-state index contributed by atoms with van der Waals surface area (Å²) in [6.45, 7) is 10.8. The van der Waals surface area contributed by atoms with Gasteiger partial charge in [0.1, 0.15) is 23.7 Å². The van der Waals surface area contributed by atoms with Crippen molar-refractivity contribution in [1.29, 1.82) is 0 Å². The van der Waals surface area contributed by atoms with E-state index in [-0.39, 0.29) is 25.1 Å². The smallest absolute Gasteiger partial charge is 0.621 e. The van der Waals surface area contributed by atoms with Crippen molar-refractivity contribution in [2.24, 2.45) is 0 Å². The van der Waals surface area contributed by atoms with Gasteiger partial charge in [-0.15, -0.1) is 5.69 Å². The normalized spacial score (nSPS) is 14.1. The Balaban J connectivity index is 0.00000441. The van der Waals surface area contributed by atoms with Crippen LogP contribution in [0.15, 0.2) is 30.5 Å². The number of aryl methyl sites for hydroxylation is 2. The Morgan fingerprint density at radius 3 is 2.50 bits per heavy atom. The molecular formula is C25H32ClLiN7O4PS. The van der Waals surface area contributed by atoms with Gasteiger partial charge in [0.2, 0.25) is 0 Å². The summed E-state index contributed by atoms with van der Waals surface area (Å²) in [5, 5.41) is 8.31. The van der Waals surface area contributed by atoms with Crippen LogP contribution >= 0.6 is 30.5 Å². The summed E-state index contributed by atoms with van der Waals surface area (Å²) >= 11 is 7.40. The van der Waals surface area contributed by atoms with Crippen molar-refractivity contribution >= 4 is 58.9 Å². The number of nitrogens with one attached hydrogen (secondary N) is 1. The van der Waals surface area contributed by atoms with Crippen molar-refractivity contribution in [2.45, 2.75) is 27.7 Å².